The van der Waals surface area contributed by atoms with Crippen molar-refractivity contribution in [3.8, 4) is 11.1 Å². The Labute approximate surface area is 130 Å². The Morgan fingerprint density at radius 2 is 1.68 bits per heavy atom. The van der Waals surface area contributed by atoms with Crippen molar-refractivity contribution in [1.82, 2.24) is 4.98 Å². The summed E-state index contributed by atoms with van der Waals surface area (Å²) < 4.78 is 5.47. The standard InChI is InChI=1S/C18H21NO3/c1-11-6-8-13(9-7-11)14-10-15(20)19-12(2)16(14)17(21)22-18(3,4)5/h6-10H,1-5H3,(H,19,20). The number of rotatable bonds is 2. The van der Waals surface area contributed by atoms with Crippen LogP contribution in [-0.2, 0) is 4.74 Å². The minimum atomic E-state index is -0.593. The van der Waals surface area contributed by atoms with Gasteiger partial charge in [0.1, 0.15) is 5.60 Å². The highest BCUT2D eigenvalue weighted by Gasteiger charge is 2.23. The summed E-state index contributed by atoms with van der Waals surface area (Å²) in [5.74, 6) is -0.433. The first kappa shape index (κ1) is 16.0. The molecule has 0 atom stereocenters. The van der Waals surface area contributed by atoms with Crippen LogP contribution in [0.5, 0.6) is 0 Å². The Morgan fingerprint density at radius 3 is 2.23 bits per heavy atom. The van der Waals surface area contributed by atoms with Gasteiger partial charge in [-0.1, -0.05) is 29.8 Å². The zero-order valence-electron chi connectivity index (χ0n) is 13.6. The van der Waals surface area contributed by atoms with Gasteiger partial charge in [-0.2, -0.15) is 0 Å². The first-order chi connectivity index (χ1) is 10.2. The molecule has 0 unspecified atom stereocenters. The van der Waals surface area contributed by atoms with Gasteiger partial charge < -0.3 is 9.72 Å². The van der Waals surface area contributed by atoms with Gasteiger partial charge in [0.05, 0.1) is 5.56 Å². The van der Waals surface area contributed by atoms with Crippen LogP contribution in [0.4, 0.5) is 0 Å². The van der Waals surface area contributed by atoms with Gasteiger partial charge in [0.2, 0.25) is 5.56 Å². The third-order valence-corrected chi connectivity index (χ3v) is 3.20. The maximum absolute atomic E-state index is 12.5. The van der Waals surface area contributed by atoms with E-state index in [1.54, 1.807) is 6.92 Å². The fraction of sp³-hybridized carbons (Fsp3) is 0.333. The summed E-state index contributed by atoms with van der Waals surface area (Å²) in [6.07, 6.45) is 0. The number of benzene rings is 1. The minimum absolute atomic E-state index is 0.236. The largest absolute Gasteiger partial charge is 0.456 e. The van der Waals surface area contributed by atoms with Crippen molar-refractivity contribution in [2.24, 2.45) is 0 Å². The molecule has 0 saturated carbocycles. The zero-order valence-corrected chi connectivity index (χ0v) is 13.6. The molecule has 0 spiro atoms. The molecule has 0 aliphatic heterocycles. The summed E-state index contributed by atoms with van der Waals surface area (Å²) in [7, 11) is 0. The lowest BCUT2D eigenvalue weighted by Crippen LogP contribution is -2.26. The second-order valence-electron chi connectivity index (χ2n) is 6.42. The van der Waals surface area contributed by atoms with E-state index in [1.165, 1.54) is 6.07 Å². The lowest BCUT2D eigenvalue weighted by molar-refractivity contribution is 0.00691. The molecule has 0 aliphatic carbocycles. The van der Waals surface area contributed by atoms with Crippen molar-refractivity contribution in [3.63, 3.8) is 0 Å². The summed E-state index contributed by atoms with van der Waals surface area (Å²) in [4.78, 5) is 27.0. The van der Waals surface area contributed by atoms with Gasteiger partial charge in [-0.3, -0.25) is 4.79 Å². The molecule has 0 radical (unpaired) electrons. The molecule has 1 N–H and O–H groups in total. The number of aryl methyl sites for hydroxylation is 2. The summed E-state index contributed by atoms with van der Waals surface area (Å²) in [5.41, 5.74) is 2.61. The van der Waals surface area contributed by atoms with Crippen molar-refractivity contribution in [3.05, 3.63) is 57.5 Å². The highest BCUT2D eigenvalue weighted by atomic mass is 16.6. The van der Waals surface area contributed by atoms with Crippen molar-refractivity contribution in [2.75, 3.05) is 0 Å². The van der Waals surface area contributed by atoms with Crippen molar-refractivity contribution < 1.29 is 9.53 Å². The van der Waals surface area contributed by atoms with E-state index in [1.807, 2.05) is 52.0 Å². The lowest BCUT2D eigenvalue weighted by Gasteiger charge is -2.21. The quantitative estimate of drug-likeness (QED) is 0.862. The summed E-state index contributed by atoms with van der Waals surface area (Å²) in [6, 6.07) is 9.14. The molecular formula is C18H21NO3. The molecule has 22 heavy (non-hydrogen) atoms. The van der Waals surface area contributed by atoms with Crippen LogP contribution in [0.15, 0.2) is 35.1 Å². The fourth-order valence-corrected chi connectivity index (χ4v) is 2.24. The molecule has 1 aromatic heterocycles. The van der Waals surface area contributed by atoms with Crippen LogP contribution in [0, 0.1) is 13.8 Å². The highest BCUT2D eigenvalue weighted by molar-refractivity contribution is 5.98. The molecule has 1 heterocycles. The molecule has 4 nitrogen and oxygen atoms in total. The van der Waals surface area contributed by atoms with E-state index in [9.17, 15) is 9.59 Å². The molecule has 0 saturated heterocycles. The first-order valence-electron chi connectivity index (χ1n) is 7.22. The van der Waals surface area contributed by atoms with E-state index < -0.39 is 11.6 Å². The smallest absolute Gasteiger partial charge is 0.341 e. The van der Waals surface area contributed by atoms with E-state index in [2.05, 4.69) is 4.98 Å². The van der Waals surface area contributed by atoms with Crippen LogP contribution in [0.3, 0.4) is 0 Å². The molecule has 2 aromatic rings. The monoisotopic (exact) mass is 299 g/mol. The van der Waals surface area contributed by atoms with E-state index in [0.717, 1.165) is 11.1 Å². The minimum Gasteiger partial charge on any atom is -0.456 e. The number of esters is 1. The van der Waals surface area contributed by atoms with Gasteiger partial charge >= 0.3 is 5.97 Å². The summed E-state index contributed by atoms with van der Waals surface area (Å²) in [6.45, 7) is 9.15. The van der Waals surface area contributed by atoms with Crippen LogP contribution in [0.25, 0.3) is 11.1 Å². The SMILES string of the molecule is Cc1ccc(-c2cc(=O)[nH]c(C)c2C(=O)OC(C)(C)C)cc1. The Balaban J connectivity index is 2.60. The van der Waals surface area contributed by atoms with Crippen LogP contribution in [-0.4, -0.2) is 16.6 Å². The predicted octanol–water partition coefficient (Wildman–Crippen LogP) is 3.61. The number of carbonyl (C=O) groups excluding carboxylic acids is 1. The fourth-order valence-electron chi connectivity index (χ4n) is 2.24. The Bertz CT molecular complexity index is 749. The number of pyridine rings is 1. The van der Waals surface area contributed by atoms with Crippen LogP contribution < -0.4 is 5.56 Å². The molecule has 1 aromatic carbocycles. The molecule has 0 aliphatic rings. The predicted molar refractivity (Wildman–Crippen MR) is 87.1 cm³/mol. The van der Waals surface area contributed by atoms with Gasteiger partial charge in [-0.25, -0.2) is 4.79 Å². The molecular weight excluding hydrogens is 278 g/mol. The normalized spacial score (nSPS) is 11.3. The molecule has 4 heteroatoms. The highest BCUT2D eigenvalue weighted by Crippen LogP contribution is 2.26. The van der Waals surface area contributed by atoms with Crippen LogP contribution in [0.1, 0.15) is 42.4 Å². The molecule has 116 valence electrons. The number of ether oxygens (including phenoxy) is 1. The van der Waals surface area contributed by atoms with Crippen LogP contribution >= 0.6 is 0 Å². The Morgan fingerprint density at radius 1 is 1.09 bits per heavy atom. The Hall–Kier alpha value is -2.36. The number of nitrogens with one attached hydrogen (secondary N) is 1. The van der Waals surface area contributed by atoms with Crippen molar-refractivity contribution in [1.29, 1.82) is 0 Å². The maximum Gasteiger partial charge on any atom is 0.341 e. The van der Waals surface area contributed by atoms with Crippen molar-refractivity contribution in [2.45, 2.75) is 40.2 Å². The third kappa shape index (κ3) is 3.64. The number of aromatic amines is 1. The van der Waals surface area contributed by atoms with Crippen LogP contribution in [0.2, 0.25) is 0 Å². The van der Waals surface area contributed by atoms with Gasteiger partial charge in [0, 0.05) is 17.3 Å². The number of hydrogen-bond donors (Lipinski definition) is 1. The Kier molecular flexibility index (Phi) is 4.22. The second kappa shape index (κ2) is 5.79. The van der Waals surface area contributed by atoms with E-state index in [-0.39, 0.29) is 5.56 Å². The zero-order chi connectivity index (χ0) is 16.5. The average molecular weight is 299 g/mol. The van der Waals surface area contributed by atoms with E-state index >= 15 is 0 Å². The number of hydrogen-bond acceptors (Lipinski definition) is 3. The van der Waals surface area contributed by atoms with Gasteiger partial charge in [0.15, 0.2) is 0 Å². The molecule has 0 fully saturated rings. The van der Waals surface area contributed by atoms with Gasteiger partial charge in [-0.05, 0) is 40.2 Å². The van der Waals surface area contributed by atoms with Gasteiger partial charge in [0.25, 0.3) is 0 Å². The number of carbonyl (C=O) groups is 1. The third-order valence-electron chi connectivity index (χ3n) is 3.20. The summed E-state index contributed by atoms with van der Waals surface area (Å²) >= 11 is 0. The molecule has 0 amide bonds. The maximum atomic E-state index is 12.5. The summed E-state index contributed by atoms with van der Waals surface area (Å²) in [5, 5.41) is 0. The average Bonchev–Trinajstić information content (AvgIpc) is 2.36. The molecule has 0 bridgehead atoms. The van der Waals surface area contributed by atoms with Gasteiger partial charge in [-0.15, -0.1) is 0 Å². The molecule has 2 rings (SSSR count). The van der Waals surface area contributed by atoms with E-state index in [0.29, 0.717) is 16.8 Å². The lowest BCUT2D eigenvalue weighted by atomic mass is 9.98. The van der Waals surface area contributed by atoms with E-state index in [4.69, 9.17) is 4.74 Å². The number of aromatic nitrogens is 1. The number of H-pyrrole nitrogens is 1. The second-order valence-corrected chi connectivity index (χ2v) is 6.42. The van der Waals surface area contributed by atoms with Crippen molar-refractivity contribution >= 4 is 5.97 Å². The topological polar surface area (TPSA) is 59.2 Å². The first-order valence-corrected chi connectivity index (χ1v) is 7.22.